The molecule has 2 heterocycles. The molecule has 6 nitrogen and oxygen atoms in total. The van der Waals surface area contributed by atoms with Gasteiger partial charge in [-0.3, -0.25) is 14.4 Å². The summed E-state index contributed by atoms with van der Waals surface area (Å²) in [6, 6.07) is -0.375. The molecule has 2 fully saturated rings. The molecule has 1 aromatic rings. The molecule has 19 heavy (non-hydrogen) atoms. The molecule has 1 aliphatic heterocycles. The monoisotopic (exact) mass is 281 g/mol. The van der Waals surface area contributed by atoms with Crippen molar-refractivity contribution in [1.29, 1.82) is 0 Å². The van der Waals surface area contributed by atoms with Crippen LogP contribution < -0.4 is 10.2 Å². The van der Waals surface area contributed by atoms with Crippen LogP contribution in [-0.2, 0) is 16.1 Å². The maximum atomic E-state index is 12.4. The maximum absolute atomic E-state index is 12.4. The average molecular weight is 281 g/mol. The van der Waals surface area contributed by atoms with Crippen LogP contribution in [0, 0.1) is 5.92 Å². The topological polar surface area (TPSA) is 82.3 Å². The lowest BCUT2D eigenvalue weighted by molar-refractivity contribution is -0.134. The second kappa shape index (κ2) is 4.80. The van der Waals surface area contributed by atoms with Crippen LogP contribution in [0.15, 0.2) is 10.2 Å². The van der Waals surface area contributed by atoms with Crippen molar-refractivity contribution in [3.8, 4) is 0 Å². The molecule has 3 rings (SSSR count). The van der Waals surface area contributed by atoms with E-state index in [0.717, 1.165) is 29.9 Å². The Kier molecular flexibility index (Phi) is 3.14. The summed E-state index contributed by atoms with van der Waals surface area (Å²) in [5.74, 6) is 0.200. The molecule has 0 bridgehead atoms. The van der Waals surface area contributed by atoms with Crippen molar-refractivity contribution >= 4 is 23.2 Å². The molecule has 0 spiro atoms. The molecule has 2 N–H and O–H groups in total. The third-order valence-electron chi connectivity index (χ3n) is 3.53. The Labute approximate surface area is 113 Å². The van der Waals surface area contributed by atoms with Gasteiger partial charge in [0.1, 0.15) is 6.04 Å². The minimum Gasteiger partial charge on any atom is -0.344 e. The molecule has 1 aromatic heterocycles. The first-order valence-corrected chi connectivity index (χ1v) is 7.26. The number of carbonyl (C=O) groups is 2. The number of carbonyl (C=O) groups excluding carboxylic acids is 2. The molecular weight excluding hydrogens is 266 g/mol. The number of H-pyrrole nitrogens is 1. The number of aromatic nitrogens is 1. The highest BCUT2D eigenvalue weighted by atomic mass is 32.1. The summed E-state index contributed by atoms with van der Waals surface area (Å²) < 4.78 is 0. The van der Waals surface area contributed by atoms with Gasteiger partial charge >= 0.3 is 4.87 Å². The molecule has 7 heteroatoms. The summed E-state index contributed by atoms with van der Waals surface area (Å²) in [7, 11) is 0. The SMILES string of the molecule is O=C1CCN(Cc2csc(=O)[nH]2)C(=O)C(C2CC2)N1. The zero-order valence-electron chi connectivity index (χ0n) is 10.3. The summed E-state index contributed by atoms with van der Waals surface area (Å²) >= 11 is 1.09. The molecule has 102 valence electrons. The summed E-state index contributed by atoms with van der Waals surface area (Å²) in [4.78, 5) is 39.4. The molecule has 2 aliphatic rings. The van der Waals surface area contributed by atoms with Gasteiger partial charge in [0.15, 0.2) is 0 Å². The van der Waals surface area contributed by atoms with Crippen LogP contribution >= 0.6 is 11.3 Å². The Morgan fingerprint density at radius 1 is 1.32 bits per heavy atom. The summed E-state index contributed by atoms with van der Waals surface area (Å²) in [6.45, 7) is 0.779. The summed E-state index contributed by atoms with van der Waals surface area (Å²) in [6.07, 6.45) is 2.32. The largest absolute Gasteiger partial charge is 0.344 e. The third kappa shape index (κ3) is 2.70. The molecule has 1 saturated heterocycles. The molecule has 0 radical (unpaired) electrons. The van der Waals surface area contributed by atoms with Gasteiger partial charge in [0, 0.05) is 24.0 Å². The van der Waals surface area contributed by atoms with E-state index in [2.05, 4.69) is 10.3 Å². The first-order valence-electron chi connectivity index (χ1n) is 6.38. The van der Waals surface area contributed by atoms with Gasteiger partial charge in [-0.15, -0.1) is 0 Å². The highest BCUT2D eigenvalue weighted by molar-refractivity contribution is 7.07. The van der Waals surface area contributed by atoms with Gasteiger partial charge in [-0.1, -0.05) is 11.3 Å². The minimum atomic E-state index is -0.375. The number of rotatable bonds is 3. The lowest BCUT2D eigenvalue weighted by Crippen LogP contribution is -2.45. The Bertz CT molecular complexity index is 561. The first kappa shape index (κ1) is 12.4. The number of hydrogen-bond acceptors (Lipinski definition) is 4. The molecule has 0 aromatic carbocycles. The number of nitrogens with one attached hydrogen (secondary N) is 2. The van der Waals surface area contributed by atoms with Crippen LogP contribution in [0.4, 0.5) is 0 Å². The summed E-state index contributed by atoms with van der Waals surface area (Å²) in [5.41, 5.74) is 0.729. The lowest BCUT2D eigenvalue weighted by Gasteiger charge is -2.23. The van der Waals surface area contributed by atoms with Crippen LogP contribution in [-0.4, -0.2) is 34.3 Å². The Hall–Kier alpha value is -1.63. The van der Waals surface area contributed by atoms with Crippen LogP contribution in [0.5, 0.6) is 0 Å². The van der Waals surface area contributed by atoms with E-state index >= 15 is 0 Å². The second-order valence-electron chi connectivity index (χ2n) is 5.07. The van der Waals surface area contributed by atoms with E-state index in [1.54, 1.807) is 10.3 Å². The Morgan fingerprint density at radius 2 is 2.11 bits per heavy atom. The van der Waals surface area contributed by atoms with Crippen molar-refractivity contribution in [3.05, 3.63) is 20.7 Å². The van der Waals surface area contributed by atoms with Crippen molar-refractivity contribution in [1.82, 2.24) is 15.2 Å². The Morgan fingerprint density at radius 3 is 2.74 bits per heavy atom. The average Bonchev–Trinajstić information content (AvgIpc) is 3.14. The van der Waals surface area contributed by atoms with Gasteiger partial charge in [-0.05, 0) is 18.8 Å². The lowest BCUT2D eigenvalue weighted by atomic mass is 10.1. The fourth-order valence-corrected chi connectivity index (χ4v) is 2.93. The number of nitrogens with zero attached hydrogens (tertiary/aromatic N) is 1. The van der Waals surface area contributed by atoms with E-state index in [-0.39, 0.29) is 22.7 Å². The number of amides is 2. The summed E-state index contributed by atoms with van der Waals surface area (Å²) in [5, 5.41) is 4.54. The van der Waals surface area contributed by atoms with Gasteiger partial charge in [0.25, 0.3) is 0 Å². The van der Waals surface area contributed by atoms with Gasteiger partial charge in [-0.25, -0.2) is 0 Å². The van der Waals surface area contributed by atoms with Gasteiger partial charge in [0.05, 0.1) is 6.54 Å². The van der Waals surface area contributed by atoms with Crippen molar-refractivity contribution in [2.75, 3.05) is 6.54 Å². The standard InChI is InChI=1S/C12H15N3O3S/c16-9-3-4-15(5-8-6-19-12(18)13-8)11(17)10(14-9)7-1-2-7/h6-7,10H,1-5H2,(H,13,18)(H,14,16). The molecule has 1 atom stereocenters. The maximum Gasteiger partial charge on any atom is 0.304 e. The molecule has 1 saturated carbocycles. The number of thiazole rings is 1. The van der Waals surface area contributed by atoms with Gasteiger partial charge in [0.2, 0.25) is 11.8 Å². The number of hydrogen-bond donors (Lipinski definition) is 2. The van der Waals surface area contributed by atoms with Crippen LogP contribution in [0.3, 0.4) is 0 Å². The normalized spacial score (nSPS) is 24.2. The van der Waals surface area contributed by atoms with Gasteiger partial charge in [-0.2, -0.15) is 0 Å². The molecule has 1 aliphatic carbocycles. The zero-order valence-corrected chi connectivity index (χ0v) is 11.2. The highest BCUT2D eigenvalue weighted by Gasteiger charge is 2.40. The van der Waals surface area contributed by atoms with E-state index in [9.17, 15) is 14.4 Å². The predicted octanol–water partition coefficient (Wildman–Crippen LogP) is 0.0635. The smallest absolute Gasteiger partial charge is 0.304 e. The van der Waals surface area contributed by atoms with Crippen LogP contribution in [0.2, 0.25) is 0 Å². The first-order chi connectivity index (χ1) is 9.13. The third-order valence-corrected chi connectivity index (χ3v) is 4.25. The fourth-order valence-electron chi connectivity index (χ4n) is 2.35. The van der Waals surface area contributed by atoms with Gasteiger partial charge < -0.3 is 15.2 Å². The van der Waals surface area contributed by atoms with E-state index in [1.807, 2.05) is 0 Å². The van der Waals surface area contributed by atoms with Crippen molar-refractivity contribution < 1.29 is 9.59 Å². The molecule has 1 unspecified atom stereocenters. The van der Waals surface area contributed by atoms with E-state index in [0.29, 0.717) is 25.4 Å². The minimum absolute atomic E-state index is 0.0274. The highest BCUT2D eigenvalue weighted by Crippen LogP contribution is 2.34. The number of aromatic amines is 1. The van der Waals surface area contributed by atoms with Crippen molar-refractivity contribution in [2.24, 2.45) is 5.92 Å². The fraction of sp³-hybridized carbons (Fsp3) is 0.583. The van der Waals surface area contributed by atoms with Crippen molar-refractivity contribution in [3.63, 3.8) is 0 Å². The van der Waals surface area contributed by atoms with Crippen molar-refractivity contribution in [2.45, 2.75) is 31.8 Å². The van der Waals surface area contributed by atoms with Crippen LogP contribution in [0.1, 0.15) is 25.0 Å². The molecular formula is C12H15N3O3S. The Balaban J connectivity index is 1.77. The zero-order chi connectivity index (χ0) is 13.4. The second-order valence-corrected chi connectivity index (χ2v) is 5.91. The quantitative estimate of drug-likeness (QED) is 0.822. The van der Waals surface area contributed by atoms with E-state index in [4.69, 9.17) is 0 Å². The van der Waals surface area contributed by atoms with E-state index < -0.39 is 0 Å². The molecule has 2 amide bonds. The van der Waals surface area contributed by atoms with E-state index in [1.165, 1.54) is 0 Å². The van der Waals surface area contributed by atoms with Crippen LogP contribution in [0.25, 0.3) is 0 Å². The predicted molar refractivity (Wildman–Crippen MR) is 69.6 cm³/mol.